The van der Waals surface area contributed by atoms with E-state index in [-0.39, 0.29) is 0 Å². The summed E-state index contributed by atoms with van der Waals surface area (Å²) in [7, 11) is 0. The zero-order valence-electron chi connectivity index (χ0n) is 15.6. The monoisotopic (exact) mass is 414 g/mol. The maximum absolute atomic E-state index is 11.5. The van der Waals surface area contributed by atoms with Gasteiger partial charge in [0.15, 0.2) is 0 Å². The van der Waals surface area contributed by atoms with Crippen molar-refractivity contribution < 1.29 is 5.11 Å². The van der Waals surface area contributed by atoms with Gasteiger partial charge in [0.25, 0.3) is 0 Å². The molecule has 1 N–H and O–H groups in total. The van der Waals surface area contributed by atoms with Crippen LogP contribution in [0.3, 0.4) is 0 Å². The maximum Gasteiger partial charge on any atom is 0.215 e. The highest BCUT2D eigenvalue weighted by molar-refractivity contribution is 6.32. The number of halogens is 2. The van der Waals surface area contributed by atoms with Gasteiger partial charge in [-0.05, 0) is 49.1 Å². The summed E-state index contributed by atoms with van der Waals surface area (Å²) in [5.41, 5.74) is 0.601. The third-order valence-electron chi connectivity index (χ3n) is 4.08. The Morgan fingerprint density at radius 3 is 1.59 bits per heavy atom. The van der Waals surface area contributed by atoms with Crippen molar-refractivity contribution in [2.45, 2.75) is 12.5 Å². The summed E-state index contributed by atoms with van der Waals surface area (Å²) in [5, 5.41) is 12.5. The van der Waals surface area contributed by atoms with Crippen LogP contribution in [0.4, 0.5) is 0 Å². The van der Waals surface area contributed by atoms with E-state index in [1.165, 1.54) is 0 Å². The molecule has 3 aromatic carbocycles. The molecule has 0 fully saturated rings. The standard InChI is InChI=1S/C26H16Cl2O/c1-2-9-20-10-3-6-13-23(20)26(29,18-16-21-11-4-7-14-24(21)27)19-17-22-12-5-8-15-25(22)28/h3-8,10-15,29H,1H3. The first-order chi connectivity index (χ1) is 14.0. The van der Waals surface area contributed by atoms with Crippen LogP contribution in [0.1, 0.15) is 29.2 Å². The van der Waals surface area contributed by atoms with Crippen LogP contribution >= 0.6 is 23.2 Å². The Labute approximate surface area is 181 Å². The van der Waals surface area contributed by atoms with Gasteiger partial charge in [-0.2, -0.15) is 0 Å². The lowest BCUT2D eigenvalue weighted by atomic mass is 9.90. The van der Waals surface area contributed by atoms with Crippen molar-refractivity contribution >= 4 is 23.2 Å². The summed E-state index contributed by atoms with van der Waals surface area (Å²) < 4.78 is 0. The Morgan fingerprint density at radius 2 is 1.10 bits per heavy atom. The number of rotatable bonds is 1. The minimum absolute atomic E-state index is 0.503. The Balaban J connectivity index is 2.19. The Hall–Kier alpha value is -3.12. The summed E-state index contributed by atoms with van der Waals surface area (Å²) in [6, 6.07) is 21.6. The molecule has 0 aliphatic rings. The van der Waals surface area contributed by atoms with Gasteiger partial charge in [0.2, 0.25) is 5.60 Å². The number of aliphatic hydroxyl groups is 1. The molecule has 0 heterocycles. The van der Waals surface area contributed by atoms with E-state index in [9.17, 15) is 5.11 Å². The second kappa shape index (κ2) is 9.39. The molecule has 0 radical (unpaired) electrons. The van der Waals surface area contributed by atoms with E-state index in [1.54, 1.807) is 37.3 Å². The molecule has 1 nitrogen and oxygen atoms in total. The lowest BCUT2D eigenvalue weighted by Crippen LogP contribution is -2.23. The predicted octanol–water partition coefficient (Wildman–Crippen LogP) is 5.66. The molecule has 3 heteroatoms. The molecule has 29 heavy (non-hydrogen) atoms. The highest BCUT2D eigenvalue weighted by Crippen LogP contribution is 2.25. The second-order valence-electron chi connectivity index (χ2n) is 6.09. The molecule has 0 saturated heterocycles. The maximum atomic E-state index is 11.5. The van der Waals surface area contributed by atoms with Crippen molar-refractivity contribution in [1.82, 2.24) is 0 Å². The quantitative estimate of drug-likeness (QED) is 0.509. The molecule has 0 aliphatic heterocycles. The first kappa shape index (κ1) is 20.6. The fourth-order valence-corrected chi connectivity index (χ4v) is 3.01. The predicted molar refractivity (Wildman–Crippen MR) is 120 cm³/mol. The molecule has 0 unspecified atom stereocenters. The molecular weight excluding hydrogens is 399 g/mol. The molecule has 0 saturated carbocycles. The third-order valence-corrected chi connectivity index (χ3v) is 4.74. The van der Waals surface area contributed by atoms with Crippen LogP contribution in [0, 0.1) is 35.5 Å². The van der Waals surface area contributed by atoms with Gasteiger partial charge in [0.1, 0.15) is 0 Å². The topological polar surface area (TPSA) is 20.2 Å². The van der Waals surface area contributed by atoms with E-state index in [1.807, 2.05) is 42.5 Å². The van der Waals surface area contributed by atoms with Crippen LogP contribution in [0.15, 0.2) is 72.8 Å². The summed E-state index contributed by atoms with van der Waals surface area (Å²) in [5.74, 6) is 17.6. The van der Waals surface area contributed by atoms with Gasteiger partial charge < -0.3 is 5.11 Å². The molecule has 3 aromatic rings. The van der Waals surface area contributed by atoms with Crippen molar-refractivity contribution in [1.29, 1.82) is 0 Å². The molecule has 140 valence electrons. The van der Waals surface area contributed by atoms with Crippen molar-refractivity contribution in [3.8, 4) is 35.5 Å². The summed E-state index contributed by atoms with van der Waals surface area (Å²) in [6.45, 7) is 1.74. The Bertz CT molecular complexity index is 1160. The van der Waals surface area contributed by atoms with E-state index in [2.05, 4.69) is 35.5 Å². The first-order valence-electron chi connectivity index (χ1n) is 8.83. The van der Waals surface area contributed by atoms with E-state index in [0.29, 0.717) is 32.3 Å². The SMILES string of the molecule is CC#Cc1ccccc1C(O)(C#Cc1ccccc1Cl)C#Cc1ccccc1Cl. The summed E-state index contributed by atoms with van der Waals surface area (Å²) in [6.07, 6.45) is 0. The smallest absolute Gasteiger partial charge is 0.215 e. The molecule has 0 aliphatic carbocycles. The molecule has 3 rings (SSSR count). The molecular formula is C26H16Cl2O. The lowest BCUT2D eigenvalue weighted by molar-refractivity contribution is 0.164. The van der Waals surface area contributed by atoms with Crippen molar-refractivity contribution in [3.05, 3.63) is 105 Å². The van der Waals surface area contributed by atoms with Gasteiger partial charge in [-0.3, -0.25) is 0 Å². The minimum atomic E-state index is -1.77. The normalized spacial score (nSPS) is 9.93. The van der Waals surface area contributed by atoms with Crippen LogP contribution in [-0.4, -0.2) is 5.11 Å². The number of benzene rings is 3. The number of hydrogen-bond donors (Lipinski definition) is 1. The molecule has 0 spiro atoms. The highest BCUT2D eigenvalue weighted by atomic mass is 35.5. The van der Waals surface area contributed by atoms with E-state index >= 15 is 0 Å². The van der Waals surface area contributed by atoms with Gasteiger partial charge in [-0.1, -0.05) is 83.4 Å². The van der Waals surface area contributed by atoms with Crippen LogP contribution < -0.4 is 0 Å². The first-order valence-corrected chi connectivity index (χ1v) is 9.59. The Morgan fingerprint density at radius 1 is 0.655 bits per heavy atom. The van der Waals surface area contributed by atoms with Crippen molar-refractivity contribution in [2.75, 3.05) is 0 Å². The average molecular weight is 415 g/mol. The molecule has 0 aromatic heterocycles. The number of hydrogen-bond acceptors (Lipinski definition) is 1. The van der Waals surface area contributed by atoms with Gasteiger partial charge in [0.05, 0.1) is 10.0 Å². The van der Waals surface area contributed by atoms with E-state index in [4.69, 9.17) is 23.2 Å². The van der Waals surface area contributed by atoms with Gasteiger partial charge in [-0.15, -0.1) is 5.92 Å². The molecule has 0 amide bonds. The van der Waals surface area contributed by atoms with Crippen molar-refractivity contribution in [3.63, 3.8) is 0 Å². The fourth-order valence-electron chi connectivity index (χ4n) is 2.65. The summed E-state index contributed by atoms with van der Waals surface area (Å²) >= 11 is 12.4. The molecule has 0 atom stereocenters. The zero-order valence-corrected chi connectivity index (χ0v) is 17.1. The van der Waals surface area contributed by atoms with Gasteiger partial charge >= 0.3 is 0 Å². The average Bonchev–Trinajstić information content (AvgIpc) is 2.73. The van der Waals surface area contributed by atoms with Crippen molar-refractivity contribution in [2.24, 2.45) is 0 Å². The molecule has 0 bridgehead atoms. The fraction of sp³-hybridized carbons (Fsp3) is 0.0769. The summed E-state index contributed by atoms with van der Waals surface area (Å²) in [4.78, 5) is 0. The van der Waals surface area contributed by atoms with Crippen LogP contribution in [0.5, 0.6) is 0 Å². The zero-order chi connectivity index (χ0) is 20.7. The second-order valence-corrected chi connectivity index (χ2v) is 6.91. The van der Waals surface area contributed by atoms with Gasteiger partial charge in [0, 0.05) is 22.3 Å². The largest absolute Gasteiger partial charge is 0.363 e. The minimum Gasteiger partial charge on any atom is -0.363 e. The third kappa shape index (κ3) is 5.03. The Kier molecular flexibility index (Phi) is 6.67. The van der Waals surface area contributed by atoms with Gasteiger partial charge in [-0.25, -0.2) is 0 Å². The lowest BCUT2D eigenvalue weighted by Gasteiger charge is -2.18. The van der Waals surface area contributed by atoms with Crippen LogP contribution in [0.25, 0.3) is 0 Å². The van der Waals surface area contributed by atoms with Crippen LogP contribution in [0.2, 0.25) is 10.0 Å². The van der Waals surface area contributed by atoms with Crippen LogP contribution in [-0.2, 0) is 5.60 Å². The highest BCUT2D eigenvalue weighted by Gasteiger charge is 2.27. The van der Waals surface area contributed by atoms with E-state index in [0.717, 1.165) is 0 Å². The van der Waals surface area contributed by atoms with E-state index < -0.39 is 5.60 Å².